The molecule has 5 nitrogen and oxygen atoms in total. The van der Waals surface area contributed by atoms with Gasteiger partial charge in [0.15, 0.2) is 0 Å². The van der Waals surface area contributed by atoms with E-state index in [4.69, 9.17) is 10.2 Å². The zero-order chi connectivity index (χ0) is 13.8. The van der Waals surface area contributed by atoms with Gasteiger partial charge in [-0.05, 0) is 44.6 Å². The lowest BCUT2D eigenvalue weighted by molar-refractivity contribution is 0.291. The molecule has 0 unspecified atom stereocenters. The molecule has 0 radical (unpaired) electrons. The Morgan fingerprint density at radius 3 is 3.05 bits per heavy atom. The topological polar surface area (TPSA) is 58.5 Å². The third-order valence-electron chi connectivity index (χ3n) is 3.93. The molecule has 0 bridgehead atoms. The zero-order valence-electron chi connectivity index (χ0n) is 11.8. The minimum atomic E-state index is 0.774. The quantitative estimate of drug-likeness (QED) is 0.919. The second-order valence-corrected chi connectivity index (χ2v) is 5.29. The Hall–Kier alpha value is -1.59. The molecule has 3 rings (SSSR count). The van der Waals surface area contributed by atoms with Crippen LogP contribution in [0.1, 0.15) is 12.8 Å². The third-order valence-corrected chi connectivity index (χ3v) is 3.93. The lowest BCUT2D eigenvalue weighted by atomic mass is 10.3. The lowest BCUT2D eigenvalue weighted by Gasteiger charge is -2.23. The maximum atomic E-state index is 5.60. The Kier molecular flexibility index (Phi) is 4.18. The molecule has 0 spiro atoms. The number of fused-ring (bicyclic) bond motifs is 1. The normalized spacial score (nSPS) is 17.6. The summed E-state index contributed by atoms with van der Waals surface area (Å²) in [7, 11) is 0. The predicted octanol–water partition coefficient (Wildman–Crippen LogP) is 1.69. The molecule has 1 aliphatic heterocycles. The van der Waals surface area contributed by atoms with E-state index >= 15 is 0 Å². The number of aromatic nitrogens is 1. The van der Waals surface area contributed by atoms with Gasteiger partial charge in [0.25, 0.3) is 0 Å². The van der Waals surface area contributed by atoms with E-state index in [1.165, 1.54) is 6.42 Å². The number of rotatable bonds is 4. The van der Waals surface area contributed by atoms with Crippen LogP contribution in [0, 0.1) is 0 Å². The molecular formula is C15H22N4O. The maximum absolute atomic E-state index is 5.60. The van der Waals surface area contributed by atoms with Crippen LogP contribution in [-0.2, 0) is 0 Å². The van der Waals surface area contributed by atoms with Crippen LogP contribution >= 0.6 is 0 Å². The molecule has 0 amide bonds. The average Bonchev–Trinajstić information content (AvgIpc) is 2.83. The summed E-state index contributed by atoms with van der Waals surface area (Å²) in [5, 5.41) is 1.11. The van der Waals surface area contributed by atoms with Gasteiger partial charge < -0.3 is 20.0 Å². The largest absolute Gasteiger partial charge is 0.464 e. The van der Waals surface area contributed by atoms with Gasteiger partial charge in [-0.1, -0.05) is 0 Å². The molecule has 2 N–H and O–H groups in total. The number of hydrogen-bond acceptors (Lipinski definition) is 5. The predicted molar refractivity (Wildman–Crippen MR) is 81.0 cm³/mol. The fourth-order valence-corrected chi connectivity index (χ4v) is 2.85. The van der Waals surface area contributed by atoms with Crippen molar-refractivity contribution < 1.29 is 4.42 Å². The number of nitrogens with zero attached hydrogens (tertiary/aromatic N) is 3. The molecule has 2 aromatic heterocycles. The van der Waals surface area contributed by atoms with Gasteiger partial charge in [-0.15, -0.1) is 0 Å². The molecule has 5 heteroatoms. The van der Waals surface area contributed by atoms with Crippen LogP contribution in [0.3, 0.4) is 0 Å². The minimum Gasteiger partial charge on any atom is -0.464 e. The van der Waals surface area contributed by atoms with Crippen molar-refractivity contribution in [1.29, 1.82) is 0 Å². The van der Waals surface area contributed by atoms with Crippen molar-refractivity contribution in [2.24, 2.45) is 5.73 Å². The van der Waals surface area contributed by atoms with Crippen LogP contribution in [0.4, 0.5) is 5.82 Å². The second kappa shape index (κ2) is 6.24. The van der Waals surface area contributed by atoms with Crippen molar-refractivity contribution >= 4 is 16.8 Å². The smallest absolute Gasteiger partial charge is 0.139 e. The highest BCUT2D eigenvalue weighted by Crippen LogP contribution is 2.25. The first-order valence-electron chi connectivity index (χ1n) is 7.38. The third kappa shape index (κ3) is 2.78. The molecule has 0 aliphatic carbocycles. The number of pyridine rings is 1. The Morgan fingerprint density at radius 2 is 2.15 bits per heavy atom. The van der Waals surface area contributed by atoms with Crippen LogP contribution in [0.5, 0.6) is 0 Å². The molecule has 0 atom stereocenters. The van der Waals surface area contributed by atoms with Gasteiger partial charge >= 0.3 is 0 Å². The SMILES string of the molecule is NCCCN1CCCN(c2nccc3occc23)CC1. The molecule has 1 saturated heterocycles. The number of hydrogen-bond donors (Lipinski definition) is 1. The summed E-state index contributed by atoms with van der Waals surface area (Å²) in [6.45, 7) is 6.18. The molecule has 108 valence electrons. The van der Waals surface area contributed by atoms with Gasteiger partial charge in [-0.2, -0.15) is 0 Å². The summed E-state index contributed by atoms with van der Waals surface area (Å²) in [5.74, 6) is 1.05. The molecular weight excluding hydrogens is 252 g/mol. The first kappa shape index (κ1) is 13.4. The maximum Gasteiger partial charge on any atom is 0.139 e. The van der Waals surface area contributed by atoms with Crippen molar-refractivity contribution in [2.75, 3.05) is 44.2 Å². The van der Waals surface area contributed by atoms with Crippen molar-refractivity contribution in [3.63, 3.8) is 0 Å². The van der Waals surface area contributed by atoms with E-state index < -0.39 is 0 Å². The first-order chi connectivity index (χ1) is 9.88. The molecule has 0 saturated carbocycles. The Bertz CT molecular complexity index is 554. The molecule has 1 fully saturated rings. The molecule has 1 aliphatic rings. The van der Waals surface area contributed by atoms with Gasteiger partial charge in [-0.25, -0.2) is 4.98 Å². The van der Waals surface area contributed by atoms with Crippen molar-refractivity contribution in [3.05, 3.63) is 24.6 Å². The van der Waals surface area contributed by atoms with E-state index in [1.807, 2.05) is 18.3 Å². The van der Waals surface area contributed by atoms with Crippen molar-refractivity contribution in [1.82, 2.24) is 9.88 Å². The standard InChI is InChI=1S/C15H22N4O/c16-5-1-7-18-8-2-9-19(11-10-18)15-13-4-12-20-14(13)3-6-17-15/h3-4,6,12H,1-2,5,7-11,16H2. The highest BCUT2D eigenvalue weighted by atomic mass is 16.3. The van der Waals surface area contributed by atoms with E-state index in [-0.39, 0.29) is 0 Å². The molecule has 20 heavy (non-hydrogen) atoms. The summed E-state index contributed by atoms with van der Waals surface area (Å²) in [5.41, 5.74) is 6.51. The Morgan fingerprint density at radius 1 is 1.20 bits per heavy atom. The van der Waals surface area contributed by atoms with Gasteiger partial charge in [-0.3, -0.25) is 0 Å². The second-order valence-electron chi connectivity index (χ2n) is 5.29. The average molecular weight is 274 g/mol. The summed E-state index contributed by atoms with van der Waals surface area (Å²) in [4.78, 5) is 9.44. The Labute approximate surface area is 119 Å². The van der Waals surface area contributed by atoms with Crippen LogP contribution in [0.25, 0.3) is 11.0 Å². The summed E-state index contributed by atoms with van der Waals surface area (Å²) >= 11 is 0. The highest BCUT2D eigenvalue weighted by Gasteiger charge is 2.17. The number of nitrogens with two attached hydrogens (primary N) is 1. The highest BCUT2D eigenvalue weighted by molar-refractivity contribution is 5.88. The molecule has 2 aromatic rings. The lowest BCUT2D eigenvalue weighted by Crippen LogP contribution is -2.32. The van der Waals surface area contributed by atoms with Gasteiger partial charge in [0.1, 0.15) is 11.4 Å². The zero-order valence-corrected chi connectivity index (χ0v) is 11.8. The summed E-state index contributed by atoms with van der Waals surface area (Å²) < 4.78 is 5.46. The fraction of sp³-hybridized carbons (Fsp3) is 0.533. The van der Waals surface area contributed by atoms with E-state index in [0.29, 0.717) is 0 Å². The fourth-order valence-electron chi connectivity index (χ4n) is 2.85. The summed E-state index contributed by atoms with van der Waals surface area (Å²) in [6.07, 6.45) is 5.82. The number of furan rings is 1. The van der Waals surface area contributed by atoms with Crippen LogP contribution < -0.4 is 10.6 Å². The van der Waals surface area contributed by atoms with Crippen molar-refractivity contribution in [2.45, 2.75) is 12.8 Å². The van der Waals surface area contributed by atoms with E-state index in [9.17, 15) is 0 Å². The van der Waals surface area contributed by atoms with Crippen LogP contribution in [-0.4, -0.2) is 49.2 Å². The number of anilines is 1. The van der Waals surface area contributed by atoms with Crippen molar-refractivity contribution in [3.8, 4) is 0 Å². The van der Waals surface area contributed by atoms with E-state index in [2.05, 4.69) is 14.8 Å². The molecule has 3 heterocycles. The van der Waals surface area contributed by atoms with E-state index in [0.717, 1.165) is 62.5 Å². The monoisotopic (exact) mass is 274 g/mol. The van der Waals surface area contributed by atoms with Gasteiger partial charge in [0.2, 0.25) is 0 Å². The van der Waals surface area contributed by atoms with Crippen LogP contribution in [0.2, 0.25) is 0 Å². The molecule has 0 aromatic carbocycles. The van der Waals surface area contributed by atoms with Crippen LogP contribution in [0.15, 0.2) is 29.0 Å². The Balaban J connectivity index is 1.73. The summed E-state index contributed by atoms with van der Waals surface area (Å²) in [6, 6.07) is 3.93. The van der Waals surface area contributed by atoms with Gasteiger partial charge in [0, 0.05) is 25.8 Å². The van der Waals surface area contributed by atoms with Gasteiger partial charge in [0.05, 0.1) is 11.6 Å². The first-order valence-corrected chi connectivity index (χ1v) is 7.38. The minimum absolute atomic E-state index is 0.774. The van der Waals surface area contributed by atoms with E-state index in [1.54, 1.807) is 6.26 Å².